The maximum absolute atomic E-state index is 13.6. The number of alkyl carbamates (subject to hydrolysis) is 1. The highest BCUT2D eigenvalue weighted by atomic mass is 16.5. The number of carbonyl (C=O) groups is 3. The van der Waals surface area contributed by atoms with Crippen LogP contribution in [-0.2, 0) is 32.2 Å². The molecule has 4 aromatic carbocycles. The highest BCUT2D eigenvalue weighted by Gasteiger charge is 2.40. The maximum atomic E-state index is 13.6. The molecule has 9 nitrogen and oxygen atoms in total. The summed E-state index contributed by atoms with van der Waals surface area (Å²) in [6.45, 7) is 4.04. The van der Waals surface area contributed by atoms with Crippen LogP contribution in [0.1, 0.15) is 54.4 Å². The number of benzene rings is 4. The van der Waals surface area contributed by atoms with E-state index in [1.54, 1.807) is 6.92 Å². The maximum Gasteiger partial charge on any atom is 0.407 e. The predicted molar refractivity (Wildman–Crippen MR) is 187 cm³/mol. The third-order valence-corrected chi connectivity index (χ3v) is 9.68. The van der Waals surface area contributed by atoms with Gasteiger partial charge in [0, 0.05) is 32.0 Å². The summed E-state index contributed by atoms with van der Waals surface area (Å²) in [5.74, 6) is -1.76. The number of carboxylic acid groups (broad SMARTS) is 1. The first-order valence-corrected chi connectivity index (χ1v) is 16.9. The van der Waals surface area contributed by atoms with Gasteiger partial charge in [0.15, 0.2) is 6.04 Å². The Balaban J connectivity index is 1.12. The van der Waals surface area contributed by atoms with E-state index in [4.69, 9.17) is 9.47 Å². The molecule has 1 aliphatic carbocycles. The number of likely N-dealkylation sites (tertiary alicyclic amines) is 1. The number of carboxylic acids is 1. The number of hydrogen-bond donors (Lipinski definition) is 3. The number of rotatable bonds is 13. The molecule has 2 atom stereocenters. The van der Waals surface area contributed by atoms with Gasteiger partial charge in [-0.3, -0.25) is 9.69 Å². The third-order valence-electron chi connectivity index (χ3n) is 9.68. The van der Waals surface area contributed by atoms with Crippen molar-refractivity contribution in [3.05, 3.63) is 131 Å². The van der Waals surface area contributed by atoms with Crippen LogP contribution in [0, 0.1) is 0 Å². The number of fused-ring (bicyclic) bond motifs is 3. The van der Waals surface area contributed by atoms with Crippen LogP contribution in [0.4, 0.5) is 4.79 Å². The van der Waals surface area contributed by atoms with Crippen molar-refractivity contribution in [3.8, 4) is 11.1 Å². The molecule has 0 saturated carbocycles. The second-order valence-corrected chi connectivity index (χ2v) is 13.1. The molecule has 0 aromatic heterocycles. The minimum atomic E-state index is -1.26. The van der Waals surface area contributed by atoms with Gasteiger partial charge in [-0.15, -0.1) is 0 Å². The molecule has 254 valence electrons. The Kier molecular flexibility index (Phi) is 10.7. The number of aliphatic carboxylic acids is 1. The van der Waals surface area contributed by atoms with Gasteiger partial charge in [0.25, 0.3) is 0 Å². The topological polar surface area (TPSA) is 117 Å². The number of ether oxygens (including phenoxy) is 2. The lowest BCUT2D eigenvalue weighted by atomic mass is 9.83. The molecule has 9 heteroatoms. The first-order chi connectivity index (χ1) is 23.8. The summed E-state index contributed by atoms with van der Waals surface area (Å²) < 4.78 is 11.7. The largest absolute Gasteiger partial charge is 0.480 e. The van der Waals surface area contributed by atoms with Crippen LogP contribution in [0.25, 0.3) is 11.1 Å². The zero-order valence-electron chi connectivity index (χ0n) is 27.7. The fourth-order valence-corrected chi connectivity index (χ4v) is 6.99. The van der Waals surface area contributed by atoms with Crippen molar-refractivity contribution in [1.82, 2.24) is 15.5 Å². The Morgan fingerprint density at radius 3 is 1.96 bits per heavy atom. The van der Waals surface area contributed by atoms with Gasteiger partial charge >= 0.3 is 12.1 Å². The lowest BCUT2D eigenvalue weighted by Gasteiger charge is -2.42. The van der Waals surface area contributed by atoms with E-state index in [0.717, 1.165) is 34.4 Å². The van der Waals surface area contributed by atoms with E-state index in [2.05, 4.69) is 51.9 Å². The molecule has 1 fully saturated rings. The van der Waals surface area contributed by atoms with Gasteiger partial charge in [-0.1, -0.05) is 109 Å². The first kappa shape index (κ1) is 33.9. The van der Waals surface area contributed by atoms with Gasteiger partial charge in [0.05, 0.1) is 18.2 Å². The SMILES string of the molecule is C[C@H](OCc1ccccc1)[C@@H](NC(=O)CC1(NC(=O)OCC2c3ccccc3-c3ccccc32)CCN(Cc2ccccc2)CC1)C(=O)O. The number of amides is 2. The summed E-state index contributed by atoms with van der Waals surface area (Å²) in [7, 11) is 0. The highest BCUT2D eigenvalue weighted by Crippen LogP contribution is 2.44. The van der Waals surface area contributed by atoms with Crippen molar-refractivity contribution in [3.63, 3.8) is 0 Å². The molecular formula is C40H43N3O6. The fraction of sp³-hybridized carbons (Fsp3) is 0.325. The molecule has 6 rings (SSSR count). The van der Waals surface area contributed by atoms with E-state index in [-0.39, 0.29) is 25.6 Å². The zero-order chi connectivity index (χ0) is 34.2. The monoisotopic (exact) mass is 661 g/mol. The number of nitrogens with one attached hydrogen (secondary N) is 2. The zero-order valence-corrected chi connectivity index (χ0v) is 27.7. The molecule has 0 spiro atoms. The average molecular weight is 662 g/mol. The smallest absolute Gasteiger partial charge is 0.407 e. The number of hydrogen-bond acceptors (Lipinski definition) is 6. The molecule has 1 heterocycles. The van der Waals surface area contributed by atoms with Crippen LogP contribution in [-0.4, -0.2) is 65.4 Å². The van der Waals surface area contributed by atoms with E-state index < -0.39 is 35.7 Å². The van der Waals surface area contributed by atoms with Crippen LogP contribution in [0.2, 0.25) is 0 Å². The molecule has 1 saturated heterocycles. The normalized spacial score (nSPS) is 16.5. The van der Waals surface area contributed by atoms with E-state index >= 15 is 0 Å². The van der Waals surface area contributed by atoms with Crippen LogP contribution in [0.15, 0.2) is 109 Å². The summed E-state index contributed by atoms with van der Waals surface area (Å²) in [4.78, 5) is 41.6. The molecule has 0 bridgehead atoms. The number of nitrogens with zero attached hydrogens (tertiary/aromatic N) is 1. The average Bonchev–Trinajstić information content (AvgIpc) is 3.44. The molecule has 2 aliphatic rings. The predicted octanol–water partition coefficient (Wildman–Crippen LogP) is 6.12. The van der Waals surface area contributed by atoms with E-state index in [9.17, 15) is 19.5 Å². The first-order valence-electron chi connectivity index (χ1n) is 16.9. The lowest BCUT2D eigenvalue weighted by molar-refractivity contribution is -0.146. The molecule has 4 aromatic rings. The molecule has 0 radical (unpaired) electrons. The lowest BCUT2D eigenvalue weighted by Crippen LogP contribution is -2.58. The summed E-state index contributed by atoms with van der Waals surface area (Å²) in [6.07, 6.45) is -0.489. The number of carbonyl (C=O) groups excluding carboxylic acids is 2. The Labute approximate surface area is 287 Å². The van der Waals surface area contributed by atoms with Crippen LogP contribution < -0.4 is 10.6 Å². The quantitative estimate of drug-likeness (QED) is 0.158. The minimum Gasteiger partial charge on any atom is -0.480 e. The van der Waals surface area contributed by atoms with E-state index in [0.29, 0.717) is 25.9 Å². The molecule has 1 aliphatic heterocycles. The van der Waals surface area contributed by atoms with Gasteiger partial charge in [-0.05, 0) is 53.1 Å². The summed E-state index contributed by atoms with van der Waals surface area (Å²) in [5.41, 5.74) is 5.68. The Hall–Kier alpha value is -4.99. The molecule has 2 amide bonds. The van der Waals surface area contributed by atoms with Gasteiger partial charge < -0.3 is 25.2 Å². The summed E-state index contributed by atoms with van der Waals surface area (Å²) in [6, 6.07) is 34.7. The van der Waals surface area contributed by atoms with Crippen molar-refractivity contribution in [1.29, 1.82) is 0 Å². The standard InChI is InChI=1S/C40H43N3O6/c1-28(48-26-30-14-6-3-7-15-30)37(38(45)46)41-36(44)24-40(20-22-43(23-21-40)25-29-12-4-2-5-13-29)42-39(47)49-27-35-33-18-10-8-16-31(33)32-17-9-11-19-34(32)35/h2-19,28,35,37H,20-27H2,1H3,(H,41,44)(H,42,47)(H,45,46)/t28-,37+/m0/s1. The molecular weight excluding hydrogens is 618 g/mol. The Morgan fingerprint density at radius 1 is 0.816 bits per heavy atom. The van der Waals surface area contributed by atoms with Crippen LogP contribution >= 0.6 is 0 Å². The van der Waals surface area contributed by atoms with Gasteiger partial charge in [0.2, 0.25) is 5.91 Å². The van der Waals surface area contributed by atoms with Crippen molar-refractivity contribution in [2.75, 3.05) is 19.7 Å². The van der Waals surface area contributed by atoms with Crippen LogP contribution in [0.3, 0.4) is 0 Å². The second-order valence-electron chi connectivity index (χ2n) is 13.1. The van der Waals surface area contributed by atoms with Gasteiger partial charge in [0.1, 0.15) is 6.61 Å². The van der Waals surface area contributed by atoms with Crippen molar-refractivity contribution < 1.29 is 29.0 Å². The summed E-state index contributed by atoms with van der Waals surface area (Å²) >= 11 is 0. The van der Waals surface area contributed by atoms with E-state index in [1.807, 2.05) is 72.8 Å². The van der Waals surface area contributed by atoms with Crippen molar-refractivity contribution in [2.45, 2.75) is 62.9 Å². The Morgan fingerprint density at radius 2 is 1.37 bits per heavy atom. The molecule has 49 heavy (non-hydrogen) atoms. The van der Waals surface area contributed by atoms with Crippen molar-refractivity contribution >= 4 is 18.0 Å². The van der Waals surface area contributed by atoms with Crippen LogP contribution in [0.5, 0.6) is 0 Å². The van der Waals surface area contributed by atoms with Gasteiger partial charge in [-0.2, -0.15) is 0 Å². The summed E-state index contributed by atoms with van der Waals surface area (Å²) in [5, 5.41) is 15.8. The number of piperidine rings is 1. The second kappa shape index (κ2) is 15.5. The van der Waals surface area contributed by atoms with E-state index in [1.165, 1.54) is 5.56 Å². The highest BCUT2D eigenvalue weighted by molar-refractivity contribution is 5.85. The fourth-order valence-electron chi connectivity index (χ4n) is 6.99. The molecule has 0 unspecified atom stereocenters. The molecule has 3 N–H and O–H groups in total. The Bertz CT molecular complexity index is 1690. The van der Waals surface area contributed by atoms with Gasteiger partial charge in [-0.25, -0.2) is 9.59 Å². The third kappa shape index (κ3) is 8.36. The minimum absolute atomic E-state index is 0.0917. The van der Waals surface area contributed by atoms with Crippen molar-refractivity contribution in [2.24, 2.45) is 0 Å².